The Bertz CT molecular complexity index is 679. The standard InChI is InChI=1S/C13H11FN4O/c1-7-8(2)17-18-13(10(7)6-15)19-9-3-4-12(16)11(14)5-9/h3-5H,16H2,1-2H3. The van der Waals surface area contributed by atoms with E-state index in [0.29, 0.717) is 11.3 Å². The fourth-order valence-corrected chi connectivity index (χ4v) is 1.47. The zero-order valence-corrected chi connectivity index (χ0v) is 10.4. The van der Waals surface area contributed by atoms with Gasteiger partial charge in [0.2, 0.25) is 0 Å². The van der Waals surface area contributed by atoms with Crippen molar-refractivity contribution in [3.05, 3.63) is 40.8 Å². The molecule has 2 rings (SSSR count). The first-order chi connectivity index (χ1) is 9.02. The Kier molecular flexibility index (Phi) is 3.29. The first-order valence-corrected chi connectivity index (χ1v) is 5.49. The first-order valence-electron chi connectivity index (χ1n) is 5.49. The number of hydrogen-bond donors (Lipinski definition) is 1. The summed E-state index contributed by atoms with van der Waals surface area (Å²) in [6, 6.07) is 6.01. The van der Waals surface area contributed by atoms with Crippen molar-refractivity contribution in [3.8, 4) is 17.7 Å². The highest BCUT2D eigenvalue weighted by Crippen LogP contribution is 2.26. The maximum Gasteiger partial charge on any atom is 0.257 e. The largest absolute Gasteiger partial charge is 0.436 e. The molecule has 96 valence electrons. The van der Waals surface area contributed by atoms with Crippen molar-refractivity contribution < 1.29 is 9.13 Å². The Morgan fingerprint density at radius 1 is 1.32 bits per heavy atom. The van der Waals surface area contributed by atoms with Crippen LogP contribution < -0.4 is 10.5 Å². The van der Waals surface area contributed by atoms with E-state index in [1.54, 1.807) is 13.8 Å². The molecule has 0 aliphatic rings. The minimum absolute atomic E-state index is 0.0269. The quantitative estimate of drug-likeness (QED) is 0.836. The van der Waals surface area contributed by atoms with Crippen LogP contribution >= 0.6 is 0 Å². The molecule has 0 aliphatic carbocycles. The number of rotatable bonds is 2. The average Bonchev–Trinajstić information content (AvgIpc) is 2.39. The summed E-state index contributed by atoms with van der Waals surface area (Å²) in [4.78, 5) is 0. The minimum atomic E-state index is -0.590. The van der Waals surface area contributed by atoms with Crippen molar-refractivity contribution >= 4 is 5.69 Å². The number of halogens is 1. The van der Waals surface area contributed by atoms with Gasteiger partial charge in [0.15, 0.2) is 0 Å². The van der Waals surface area contributed by atoms with Crippen LogP contribution in [-0.4, -0.2) is 10.2 Å². The summed E-state index contributed by atoms with van der Waals surface area (Å²) in [7, 11) is 0. The number of hydrogen-bond acceptors (Lipinski definition) is 5. The van der Waals surface area contributed by atoms with E-state index in [1.807, 2.05) is 6.07 Å². The van der Waals surface area contributed by atoms with Gasteiger partial charge in [-0.05, 0) is 31.5 Å². The fraction of sp³-hybridized carbons (Fsp3) is 0.154. The minimum Gasteiger partial charge on any atom is -0.436 e. The van der Waals surface area contributed by atoms with Gasteiger partial charge < -0.3 is 10.5 Å². The number of nitrogen functional groups attached to an aromatic ring is 1. The monoisotopic (exact) mass is 258 g/mol. The molecular weight excluding hydrogens is 247 g/mol. The number of ether oxygens (including phenoxy) is 1. The summed E-state index contributed by atoms with van der Waals surface area (Å²) in [5, 5.41) is 16.8. The number of nitriles is 1. The normalized spacial score (nSPS) is 10.0. The number of benzene rings is 1. The highest BCUT2D eigenvalue weighted by Gasteiger charge is 2.13. The fourth-order valence-electron chi connectivity index (χ4n) is 1.47. The Morgan fingerprint density at radius 2 is 2.05 bits per heavy atom. The van der Waals surface area contributed by atoms with E-state index in [2.05, 4.69) is 10.2 Å². The Balaban J connectivity index is 2.41. The van der Waals surface area contributed by atoms with Crippen LogP contribution in [0.15, 0.2) is 18.2 Å². The van der Waals surface area contributed by atoms with Crippen LogP contribution in [0.25, 0.3) is 0 Å². The predicted molar refractivity (Wildman–Crippen MR) is 67.1 cm³/mol. The summed E-state index contributed by atoms with van der Waals surface area (Å²) in [5.41, 5.74) is 7.01. The molecule has 0 saturated heterocycles. The Labute approximate surface area is 109 Å². The SMILES string of the molecule is Cc1nnc(Oc2ccc(N)c(F)c2)c(C#N)c1C. The van der Waals surface area contributed by atoms with Gasteiger partial charge in [0.1, 0.15) is 23.2 Å². The zero-order valence-electron chi connectivity index (χ0n) is 10.4. The number of nitrogens with two attached hydrogens (primary N) is 1. The second kappa shape index (κ2) is 4.90. The lowest BCUT2D eigenvalue weighted by Gasteiger charge is -2.09. The molecule has 1 aromatic carbocycles. The van der Waals surface area contributed by atoms with Crippen LogP contribution in [0, 0.1) is 31.0 Å². The highest BCUT2D eigenvalue weighted by atomic mass is 19.1. The summed E-state index contributed by atoms with van der Waals surface area (Å²) >= 11 is 0. The van der Waals surface area contributed by atoms with Gasteiger partial charge in [0, 0.05) is 6.07 Å². The Hall–Kier alpha value is -2.68. The lowest BCUT2D eigenvalue weighted by atomic mass is 10.1. The van der Waals surface area contributed by atoms with Gasteiger partial charge in [0.25, 0.3) is 5.88 Å². The molecule has 0 aliphatic heterocycles. The summed E-state index contributed by atoms with van der Waals surface area (Å²) in [6.45, 7) is 3.49. The molecule has 2 aromatic rings. The highest BCUT2D eigenvalue weighted by molar-refractivity contribution is 5.48. The molecule has 5 nitrogen and oxygen atoms in total. The van der Waals surface area contributed by atoms with Crippen LogP contribution in [0.3, 0.4) is 0 Å². The van der Waals surface area contributed by atoms with E-state index in [1.165, 1.54) is 12.1 Å². The number of aryl methyl sites for hydroxylation is 1. The van der Waals surface area contributed by atoms with Crippen molar-refractivity contribution in [2.75, 3.05) is 5.73 Å². The van der Waals surface area contributed by atoms with E-state index < -0.39 is 5.82 Å². The third kappa shape index (κ3) is 2.45. The molecule has 0 radical (unpaired) electrons. The summed E-state index contributed by atoms with van der Waals surface area (Å²) in [6.07, 6.45) is 0. The van der Waals surface area contributed by atoms with Crippen molar-refractivity contribution in [1.29, 1.82) is 5.26 Å². The summed E-state index contributed by atoms with van der Waals surface area (Å²) < 4.78 is 18.7. The van der Waals surface area contributed by atoms with Gasteiger partial charge in [-0.2, -0.15) is 10.4 Å². The van der Waals surface area contributed by atoms with Gasteiger partial charge in [-0.25, -0.2) is 4.39 Å². The number of anilines is 1. The average molecular weight is 258 g/mol. The van der Waals surface area contributed by atoms with E-state index in [9.17, 15) is 4.39 Å². The smallest absolute Gasteiger partial charge is 0.257 e. The molecule has 0 amide bonds. The lowest BCUT2D eigenvalue weighted by molar-refractivity contribution is 0.448. The number of aromatic nitrogens is 2. The molecule has 0 bridgehead atoms. The van der Waals surface area contributed by atoms with Crippen LogP contribution in [0.2, 0.25) is 0 Å². The first kappa shape index (κ1) is 12.8. The molecule has 1 aromatic heterocycles. The van der Waals surface area contributed by atoms with Gasteiger partial charge in [-0.15, -0.1) is 5.10 Å². The van der Waals surface area contributed by atoms with Gasteiger partial charge in [-0.3, -0.25) is 0 Å². The Morgan fingerprint density at radius 3 is 2.68 bits per heavy atom. The zero-order chi connectivity index (χ0) is 14.0. The van der Waals surface area contributed by atoms with Gasteiger partial charge in [-0.1, -0.05) is 0 Å². The molecular formula is C13H11FN4O. The van der Waals surface area contributed by atoms with E-state index in [4.69, 9.17) is 15.7 Å². The van der Waals surface area contributed by atoms with Crippen molar-refractivity contribution in [3.63, 3.8) is 0 Å². The molecule has 6 heteroatoms. The van der Waals surface area contributed by atoms with Crippen LogP contribution in [0.5, 0.6) is 11.6 Å². The van der Waals surface area contributed by atoms with Gasteiger partial charge >= 0.3 is 0 Å². The molecule has 0 saturated carbocycles. The van der Waals surface area contributed by atoms with Crippen molar-refractivity contribution in [2.45, 2.75) is 13.8 Å². The molecule has 0 atom stereocenters. The lowest BCUT2D eigenvalue weighted by Crippen LogP contribution is -2.01. The number of nitrogens with zero attached hydrogens (tertiary/aromatic N) is 3. The molecule has 19 heavy (non-hydrogen) atoms. The molecule has 2 N–H and O–H groups in total. The van der Waals surface area contributed by atoms with E-state index >= 15 is 0 Å². The topological polar surface area (TPSA) is 84.8 Å². The van der Waals surface area contributed by atoms with Gasteiger partial charge in [0.05, 0.1) is 11.4 Å². The van der Waals surface area contributed by atoms with E-state index in [-0.39, 0.29) is 22.9 Å². The van der Waals surface area contributed by atoms with Crippen molar-refractivity contribution in [1.82, 2.24) is 10.2 Å². The third-order valence-corrected chi connectivity index (χ3v) is 2.72. The second-order valence-corrected chi connectivity index (χ2v) is 3.99. The maximum absolute atomic E-state index is 13.3. The second-order valence-electron chi connectivity index (χ2n) is 3.99. The van der Waals surface area contributed by atoms with E-state index in [0.717, 1.165) is 6.07 Å². The maximum atomic E-state index is 13.3. The van der Waals surface area contributed by atoms with Crippen LogP contribution in [0.1, 0.15) is 16.8 Å². The summed E-state index contributed by atoms with van der Waals surface area (Å²) in [5.74, 6) is -0.330. The molecule has 1 heterocycles. The molecule has 0 unspecified atom stereocenters. The van der Waals surface area contributed by atoms with Crippen LogP contribution in [0.4, 0.5) is 10.1 Å². The molecule has 0 spiro atoms. The third-order valence-electron chi connectivity index (χ3n) is 2.72. The van der Waals surface area contributed by atoms with Crippen molar-refractivity contribution in [2.24, 2.45) is 0 Å². The van der Waals surface area contributed by atoms with Crippen LogP contribution in [-0.2, 0) is 0 Å². The predicted octanol–water partition coefficient (Wildman–Crippen LogP) is 2.48. The molecule has 0 fully saturated rings.